The Morgan fingerprint density at radius 2 is 0.750 bits per heavy atom. The molecule has 0 amide bonds. The van der Waals surface area contributed by atoms with E-state index in [1.807, 2.05) is 0 Å². The minimum Gasteiger partial charge on any atom is -0.310 e. The number of hydrogen-bond acceptors (Lipinski definition) is 2. The maximum atomic E-state index is 2.34. The second kappa shape index (κ2) is 13.2. The van der Waals surface area contributed by atoms with Crippen molar-refractivity contribution in [1.82, 2.24) is 0 Å². The second-order valence-electron chi connectivity index (χ2n) is 11.9. The minimum atomic E-state index is 1.12. The number of para-hydroxylation sites is 2. The molecule has 0 aliphatic carbocycles. The molecule has 48 heavy (non-hydrogen) atoms. The van der Waals surface area contributed by atoms with Crippen LogP contribution in [0.2, 0.25) is 0 Å². The Hall–Kier alpha value is -6.38. The van der Waals surface area contributed by atoms with Crippen molar-refractivity contribution < 1.29 is 0 Å². The van der Waals surface area contributed by atoms with Gasteiger partial charge in [-0.3, -0.25) is 0 Å². The first-order chi connectivity index (χ1) is 23.8. The summed E-state index contributed by atoms with van der Waals surface area (Å²) >= 11 is 0. The quantitative estimate of drug-likeness (QED) is 0.157. The van der Waals surface area contributed by atoms with E-state index in [0.717, 1.165) is 45.3 Å². The first-order valence-electron chi connectivity index (χ1n) is 16.4. The number of anilines is 6. The fraction of sp³-hybridized carbons (Fsp3) is 0. The average molecular weight is 615 g/mol. The largest absolute Gasteiger partial charge is 0.310 e. The topological polar surface area (TPSA) is 6.48 Å². The molecule has 8 aromatic carbocycles. The Morgan fingerprint density at radius 3 is 1.40 bits per heavy atom. The Balaban J connectivity index is 1.07. The van der Waals surface area contributed by atoms with Crippen molar-refractivity contribution in [3.8, 4) is 0 Å². The fourth-order valence-electron chi connectivity index (χ4n) is 6.41. The lowest BCUT2D eigenvalue weighted by Gasteiger charge is -2.27. The summed E-state index contributed by atoms with van der Waals surface area (Å²) < 4.78 is 0. The number of benzene rings is 8. The number of fused-ring (bicyclic) bond motifs is 2. The molecule has 0 unspecified atom stereocenters. The van der Waals surface area contributed by atoms with Gasteiger partial charge >= 0.3 is 0 Å². The summed E-state index contributed by atoms with van der Waals surface area (Å²) in [6.07, 6.45) is 4.36. The molecule has 0 radical (unpaired) electrons. The van der Waals surface area contributed by atoms with Crippen LogP contribution in [0.4, 0.5) is 34.1 Å². The molecule has 0 fully saturated rings. The van der Waals surface area contributed by atoms with Crippen molar-refractivity contribution in [2.24, 2.45) is 0 Å². The lowest BCUT2D eigenvalue weighted by atomic mass is 10.1. The predicted octanol–water partition coefficient (Wildman–Crippen LogP) is 13.1. The van der Waals surface area contributed by atoms with E-state index >= 15 is 0 Å². The van der Waals surface area contributed by atoms with Crippen LogP contribution >= 0.6 is 0 Å². The van der Waals surface area contributed by atoms with E-state index in [9.17, 15) is 0 Å². The Labute approximate surface area is 282 Å². The monoisotopic (exact) mass is 614 g/mol. The summed E-state index contributed by atoms with van der Waals surface area (Å²) in [4.78, 5) is 4.65. The van der Waals surface area contributed by atoms with Gasteiger partial charge in [0.05, 0.1) is 5.69 Å². The molecule has 0 heterocycles. The standard InChI is InChI=1S/C46H34N2/c1-3-16-40(17-4-1)47(44-33-28-37-12-7-8-14-39(37)34-44)42-29-24-35(25-30-42)22-23-36-26-31-43(32-27-36)48(41-18-5-2-6-19-41)46-21-11-15-38-13-9-10-20-45(38)46/h1-34H/b23-22+. The first-order valence-corrected chi connectivity index (χ1v) is 16.4. The van der Waals surface area contributed by atoms with Gasteiger partial charge in [-0.05, 0) is 94.0 Å². The molecular weight excluding hydrogens is 581 g/mol. The van der Waals surface area contributed by atoms with Crippen LogP contribution in [0, 0.1) is 0 Å². The SMILES string of the molecule is C(=C\c1ccc(N(c2ccccc2)c2cccc3ccccc23)cc1)/c1ccc(N(c2ccccc2)c2ccc3ccccc3c2)cc1. The van der Waals surface area contributed by atoms with Crippen molar-refractivity contribution in [3.05, 3.63) is 205 Å². The number of rotatable bonds is 8. The molecule has 8 rings (SSSR count). The smallest absolute Gasteiger partial charge is 0.0540 e. The van der Waals surface area contributed by atoms with Gasteiger partial charge in [0, 0.05) is 33.8 Å². The molecule has 2 nitrogen and oxygen atoms in total. The third-order valence-corrected chi connectivity index (χ3v) is 8.80. The molecule has 0 bridgehead atoms. The molecule has 0 aliphatic rings. The second-order valence-corrected chi connectivity index (χ2v) is 11.9. The van der Waals surface area contributed by atoms with E-state index in [1.54, 1.807) is 0 Å². The molecule has 0 aliphatic heterocycles. The molecule has 0 saturated heterocycles. The zero-order valence-electron chi connectivity index (χ0n) is 26.5. The molecule has 228 valence electrons. The van der Waals surface area contributed by atoms with Gasteiger partial charge in [0.15, 0.2) is 0 Å². The highest BCUT2D eigenvalue weighted by Crippen LogP contribution is 2.39. The van der Waals surface area contributed by atoms with E-state index in [1.165, 1.54) is 21.5 Å². The third-order valence-electron chi connectivity index (χ3n) is 8.80. The van der Waals surface area contributed by atoms with Crippen LogP contribution in [0.5, 0.6) is 0 Å². The van der Waals surface area contributed by atoms with Gasteiger partial charge < -0.3 is 9.80 Å². The minimum absolute atomic E-state index is 1.12. The van der Waals surface area contributed by atoms with Crippen LogP contribution in [0.15, 0.2) is 194 Å². The third kappa shape index (κ3) is 5.95. The van der Waals surface area contributed by atoms with Crippen molar-refractivity contribution >= 4 is 67.8 Å². The highest BCUT2D eigenvalue weighted by molar-refractivity contribution is 5.99. The van der Waals surface area contributed by atoms with Crippen molar-refractivity contribution in [2.45, 2.75) is 0 Å². The van der Waals surface area contributed by atoms with E-state index in [4.69, 9.17) is 0 Å². The van der Waals surface area contributed by atoms with Crippen LogP contribution in [-0.4, -0.2) is 0 Å². The molecule has 0 aromatic heterocycles. The molecule has 2 heteroatoms. The summed E-state index contributed by atoms with van der Waals surface area (Å²) in [5, 5.41) is 4.92. The summed E-state index contributed by atoms with van der Waals surface area (Å²) in [6, 6.07) is 69.0. The molecule has 0 saturated carbocycles. The first kappa shape index (κ1) is 29.1. The Kier molecular flexibility index (Phi) is 7.96. The highest BCUT2D eigenvalue weighted by atomic mass is 15.1. The van der Waals surface area contributed by atoms with Gasteiger partial charge in [-0.15, -0.1) is 0 Å². The molecule has 0 spiro atoms. The number of nitrogens with zero attached hydrogens (tertiary/aromatic N) is 2. The molecule has 8 aromatic rings. The zero-order chi connectivity index (χ0) is 32.1. The van der Waals surface area contributed by atoms with Crippen LogP contribution < -0.4 is 9.80 Å². The summed E-state index contributed by atoms with van der Waals surface area (Å²) in [5.41, 5.74) is 9.09. The summed E-state index contributed by atoms with van der Waals surface area (Å²) in [5.74, 6) is 0. The molecule has 0 atom stereocenters. The van der Waals surface area contributed by atoms with Crippen LogP contribution in [0.3, 0.4) is 0 Å². The Morgan fingerprint density at radius 1 is 0.292 bits per heavy atom. The highest BCUT2D eigenvalue weighted by Gasteiger charge is 2.15. The average Bonchev–Trinajstić information content (AvgIpc) is 3.16. The number of hydrogen-bond donors (Lipinski definition) is 0. The van der Waals surface area contributed by atoms with Gasteiger partial charge in [0.1, 0.15) is 0 Å². The zero-order valence-corrected chi connectivity index (χ0v) is 26.5. The van der Waals surface area contributed by atoms with Gasteiger partial charge in [0.25, 0.3) is 0 Å². The summed E-state index contributed by atoms with van der Waals surface area (Å²) in [7, 11) is 0. The van der Waals surface area contributed by atoms with Crippen molar-refractivity contribution in [3.63, 3.8) is 0 Å². The van der Waals surface area contributed by atoms with Gasteiger partial charge in [0.2, 0.25) is 0 Å². The molecular formula is C46H34N2. The normalized spacial score (nSPS) is 11.2. The van der Waals surface area contributed by atoms with E-state index in [2.05, 4.69) is 216 Å². The van der Waals surface area contributed by atoms with E-state index in [0.29, 0.717) is 0 Å². The van der Waals surface area contributed by atoms with Crippen molar-refractivity contribution in [1.29, 1.82) is 0 Å². The Bertz CT molecular complexity index is 2320. The maximum absolute atomic E-state index is 2.34. The van der Waals surface area contributed by atoms with Crippen molar-refractivity contribution in [2.75, 3.05) is 9.80 Å². The maximum Gasteiger partial charge on any atom is 0.0540 e. The fourth-order valence-corrected chi connectivity index (χ4v) is 6.41. The van der Waals surface area contributed by atoms with Crippen LogP contribution in [-0.2, 0) is 0 Å². The van der Waals surface area contributed by atoms with Gasteiger partial charge in [-0.1, -0.05) is 140 Å². The van der Waals surface area contributed by atoms with Crippen LogP contribution in [0.1, 0.15) is 11.1 Å². The van der Waals surface area contributed by atoms with Gasteiger partial charge in [-0.2, -0.15) is 0 Å². The lowest BCUT2D eigenvalue weighted by Crippen LogP contribution is -2.10. The van der Waals surface area contributed by atoms with E-state index in [-0.39, 0.29) is 0 Å². The predicted molar refractivity (Wildman–Crippen MR) is 206 cm³/mol. The molecule has 0 N–H and O–H groups in total. The van der Waals surface area contributed by atoms with Crippen LogP contribution in [0.25, 0.3) is 33.7 Å². The summed E-state index contributed by atoms with van der Waals surface area (Å²) in [6.45, 7) is 0. The van der Waals surface area contributed by atoms with E-state index < -0.39 is 0 Å². The lowest BCUT2D eigenvalue weighted by molar-refractivity contribution is 1.29. The van der Waals surface area contributed by atoms with Gasteiger partial charge in [-0.25, -0.2) is 0 Å².